The molecule has 0 spiro atoms. The predicted molar refractivity (Wildman–Crippen MR) is 128 cm³/mol. The average Bonchev–Trinajstić information content (AvgIpc) is 2.83. The Kier molecular flexibility index (Phi) is 6.59. The zero-order chi connectivity index (χ0) is 23.2. The maximum absolute atomic E-state index is 13.3. The van der Waals surface area contributed by atoms with Crippen molar-refractivity contribution in [1.29, 1.82) is 0 Å². The van der Waals surface area contributed by atoms with Gasteiger partial charge in [0.15, 0.2) is 12.4 Å². The molecule has 7 nitrogen and oxygen atoms in total. The first-order chi connectivity index (χ1) is 16.0. The van der Waals surface area contributed by atoms with Crippen molar-refractivity contribution in [2.75, 3.05) is 6.61 Å². The second-order valence-electron chi connectivity index (χ2n) is 7.55. The normalized spacial score (nSPS) is 11.2. The van der Waals surface area contributed by atoms with Gasteiger partial charge in [-0.15, -0.1) is 0 Å². The molecule has 1 heterocycles. The molecular weight excluding hydrogens is 418 g/mol. The van der Waals surface area contributed by atoms with Gasteiger partial charge in [-0.25, -0.2) is 9.78 Å². The number of carbonyl (C=O) groups is 1. The zero-order valence-corrected chi connectivity index (χ0v) is 18.3. The molecule has 0 unspecified atom stereocenters. The van der Waals surface area contributed by atoms with Gasteiger partial charge in [-0.1, -0.05) is 54.6 Å². The molecule has 0 N–H and O–H groups in total. The maximum Gasteiger partial charge on any atom is 0.344 e. The number of rotatable bonds is 7. The summed E-state index contributed by atoms with van der Waals surface area (Å²) in [5, 5.41) is 4.93. The summed E-state index contributed by atoms with van der Waals surface area (Å²) in [4.78, 5) is 29.8. The summed E-state index contributed by atoms with van der Waals surface area (Å²) in [6.45, 7) is 3.33. The molecule has 0 aliphatic carbocycles. The third kappa shape index (κ3) is 5.15. The van der Waals surface area contributed by atoms with Crippen molar-refractivity contribution in [3.05, 3.63) is 94.8 Å². The van der Waals surface area contributed by atoms with Crippen molar-refractivity contribution in [3.8, 4) is 17.1 Å². The lowest BCUT2D eigenvalue weighted by molar-refractivity contribution is -0.149. The summed E-state index contributed by atoms with van der Waals surface area (Å²) in [6.07, 6.45) is 1.30. The molecular formula is C26H23N3O4. The molecule has 0 fully saturated rings. The van der Waals surface area contributed by atoms with Crippen molar-refractivity contribution in [3.63, 3.8) is 0 Å². The van der Waals surface area contributed by atoms with E-state index in [-0.39, 0.29) is 18.3 Å². The second kappa shape index (κ2) is 9.91. The third-order valence-electron chi connectivity index (χ3n) is 4.73. The summed E-state index contributed by atoms with van der Waals surface area (Å²) < 4.78 is 12.0. The van der Waals surface area contributed by atoms with E-state index in [0.29, 0.717) is 28.0 Å². The van der Waals surface area contributed by atoms with Crippen LogP contribution >= 0.6 is 0 Å². The largest absolute Gasteiger partial charge is 0.481 e. The van der Waals surface area contributed by atoms with E-state index in [4.69, 9.17) is 9.47 Å². The van der Waals surface area contributed by atoms with Gasteiger partial charge < -0.3 is 9.47 Å². The van der Waals surface area contributed by atoms with Crippen LogP contribution in [0.4, 0.5) is 0 Å². The summed E-state index contributed by atoms with van der Waals surface area (Å²) in [5.74, 6) is 0.414. The number of benzene rings is 3. The van der Waals surface area contributed by atoms with Crippen LogP contribution in [-0.2, 0) is 9.53 Å². The first-order valence-corrected chi connectivity index (χ1v) is 10.6. The minimum Gasteiger partial charge on any atom is -0.481 e. The van der Waals surface area contributed by atoms with Crippen LogP contribution in [0.25, 0.3) is 22.3 Å². The lowest BCUT2D eigenvalue weighted by atomic mass is 10.2. The van der Waals surface area contributed by atoms with Crippen LogP contribution in [0.3, 0.4) is 0 Å². The van der Waals surface area contributed by atoms with Gasteiger partial charge in [0.1, 0.15) is 5.75 Å². The molecule has 7 heteroatoms. The summed E-state index contributed by atoms with van der Waals surface area (Å²) in [6, 6.07) is 23.7. The van der Waals surface area contributed by atoms with Gasteiger partial charge in [0.05, 0.1) is 23.2 Å². The van der Waals surface area contributed by atoms with Gasteiger partial charge in [-0.3, -0.25) is 4.79 Å². The lowest BCUT2D eigenvalue weighted by Crippen LogP contribution is -2.20. The Morgan fingerprint density at radius 1 is 1.00 bits per heavy atom. The van der Waals surface area contributed by atoms with E-state index >= 15 is 0 Å². The Bertz CT molecular complexity index is 1360. The van der Waals surface area contributed by atoms with Crippen LogP contribution < -0.4 is 10.3 Å². The number of para-hydroxylation sites is 2. The second-order valence-corrected chi connectivity index (χ2v) is 7.55. The molecule has 1 aromatic heterocycles. The number of fused-ring (bicyclic) bond motifs is 1. The van der Waals surface area contributed by atoms with Crippen LogP contribution in [0.2, 0.25) is 0 Å². The number of ether oxygens (including phenoxy) is 2. The number of hydrogen-bond acceptors (Lipinski definition) is 6. The Morgan fingerprint density at radius 3 is 2.48 bits per heavy atom. The summed E-state index contributed by atoms with van der Waals surface area (Å²) in [5.41, 5.74) is 1.68. The van der Waals surface area contributed by atoms with Crippen LogP contribution in [0.1, 0.15) is 19.4 Å². The maximum atomic E-state index is 13.3. The molecule has 0 aliphatic rings. The van der Waals surface area contributed by atoms with Gasteiger partial charge in [0.25, 0.3) is 5.56 Å². The van der Waals surface area contributed by atoms with Crippen LogP contribution in [0.5, 0.6) is 5.75 Å². The molecule has 0 aliphatic heterocycles. The number of esters is 1. The highest BCUT2D eigenvalue weighted by Gasteiger charge is 2.13. The fourth-order valence-corrected chi connectivity index (χ4v) is 3.28. The molecule has 0 atom stereocenters. The van der Waals surface area contributed by atoms with Gasteiger partial charge in [0.2, 0.25) is 0 Å². The lowest BCUT2D eigenvalue weighted by Gasteiger charge is -2.11. The first-order valence-electron chi connectivity index (χ1n) is 10.6. The van der Waals surface area contributed by atoms with E-state index in [2.05, 4.69) is 10.1 Å². The number of carbonyl (C=O) groups excluding carboxylic acids is 1. The Hall–Kier alpha value is -4.26. The highest BCUT2D eigenvalue weighted by molar-refractivity contribution is 5.84. The Morgan fingerprint density at radius 2 is 1.70 bits per heavy atom. The van der Waals surface area contributed by atoms with E-state index in [0.717, 1.165) is 5.56 Å². The van der Waals surface area contributed by atoms with Crippen LogP contribution in [-0.4, -0.2) is 34.6 Å². The molecule has 33 heavy (non-hydrogen) atoms. The van der Waals surface area contributed by atoms with Crippen molar-refractivity contribution >= 4 is 23.1 Å². The van der Waals surface area contributed by atoms with E-state index in [1.807, 2.05) is 42.5 Å². The molecule has 0 amide bonds. The van der Waals surface area contributed by atoms with Crippen LogP contribution in [0.15, 0.2) is 88.8 Å². The summed E-state index contributed by atoms with van der Waals surface area (Å²) >= 11 is 0. The van der Waals surface area contributed by atoms with Crippen molar-refractivity contribution < 1.29 is 14.3 Å². The fourth-order valence-electron chi connectivity index (χ4n) is 3.28. The minimum absolute atomic E-state index is 0.221. The quantitative estimate of drug-likeness (QED) is 0.316. The highest BCUT2D eigenvalue weighted by Crippen LogP contribution is 2.20. The Balaban J connectivity index is 1.73. The van der Waals surface area contributed by atoms with Crippen LogP contribution in [0, 0.1) is 0 Å². The molecule has 3 aromatic carbocycles. The highest BCUT2D eigenvalue weighted by atomic mass is 16.6. The molecule has 0 saturated carbocycles. The predicted octanol–water partition coefficient (Wildman–Crippen LogP) is 4.28. The first kappa shape index (κ1) is 22.0. The number of hydrogen-bond donors (Lipinski definition) is 0. The minimum atomic E-state index is -0.460. The van der Waals surface area contributed by atoms with E-state index in [9.17, 15) is 9.59 Å². The van der Waals surface area contributed by atoms with Gasteiger partial charge >= 0.3 is 5.97 Å². The molecule has 0 saturated heterocycles. The fraction of sp³-hybridized carbons (Fsp3) is 0.154. The van der Waals surface area contributed by atoms with Gasteiger partial charge in [0, 0.05) is 11.1 Å². The summed E-state index contributed by atoms with van der Waals surface area (Å²) in [7, 11) is 0. The van der Waals surface area contributed by atoms with Gasteiger partial charge in [-0.2, -0.15) is 9.78 Å². The molecule has 166 valence electrons. The molecule has 0 bridgehead atoms. The monoisotopic (exact) mass is 441 g/mol. The topological polar surface area (TPSA) is 82.8 Å². The van der Waals surface area contributed by atoms with E-state index < -0.39 is 5.97 Å². The molecule has 0 radical (unpaired) electrons. The van der Waals surface area contributed by atoms with Crippen molar-refractivity contribution in [2.24, 2.45) is 5.10 Å². The van der Waals surface area contributed by atoms with E-state index in [1.165, 1.54) is 10.9 Å². The third-order valence-corrected chi connectivity index (χ3v) is 4.73. The van der Waals surface area contributed by atoms with E-state index in [1.54, 1.807) is 50.2 Å². The SMILES string of the molecule is CC(C)OC(=O)COc1ccccc1C=Nn1c(-c2ccccc2)nc2ccccc2c1=O. The number of nitrogens with zero attached hydrogens (tertiary/aromatic N) is 3. The average molecular weight is 441 g/mol. The number of aromatic nitrogens is 2. The van der Waals surface area contributed by atoms with Crippen molar-refractivity contribution in [1.82, 2.24) is 9.66 Å². The zero-order valence-electron chi connectivity index (χ0n) is 18.3. The standard InChI is InChI=1S/C26H23N3O4/c1-18(2)33-24(30)17-32-23-15-9-6-12-20(23)16-27-29-25(19-10-4-3-5-11-19)28-22-14-8-7-13-21(22)26(29)31/h3-16,18H,17H2,1-2H3. The molecule has 4 aromatic rings. The van der Waals surface area contributed by atoms with Crippen molar-refractivity contribution in [2.45, 2.75) is 20.0 Å². The van der Waals surface area contributed by atoms with Gasteiger partial charge in [-0.05, 0) is 38.1 Å². The Labute approximate surface area is 190 Å². The smallest absolute Gasteiger partial charge is 0.344 e. The molecule has 4 rings (SSSR count).